The predicted octanol–water partition coefficient (Wildman–Crippen LogP) is 2.99. The quantitative estimate of drug-likeness (QED) is 0.872. The number of hydrogen-bond acceptors (Lipinski definition) is 3. The van der Waals surface area contributed by atoms with Crippen LogP contribution in [-0.4, -0.2) is 12.9 Å². The first-order valence-corrected chi connectivity index (χ1v) is 6.28. The Bertz CT molecular complexity index is 452. The first-order valence-electron chi connectivity index (χ1n) is 6.28. The Labute approximate surface area is 109 Å². The number of hydrogen-bond donors (Lipinski definition) is 1. The Balaban J connectivity index is 3.06. The molecule has 0 heterocycles. The molecule has 0 radical (unpaired) electrons. The van der Waals surface area contributed by atoms with E-state index in [-0.39, 0.29) is 11.8 Å². The number of ketones is 1. The first kappa shape index (κ1) is 14.7. The number of nitrogens with two attached hydrogens (primary N) is 1. The molecule has 0 aliphatic carbocycles. The van der Waals surface area contributed by atoms with Gasteiger partial charge in [-0.25, -0.2) is 0 Å². The molecular weight excluding hydrogens is 226 g/mol. The Morgan fingerprint density at radius 1 is 1.33 bits per heavy atom. The number of carbonyl (C=O) groups excluding carboxylic acids is 1. The summed E-state index contributed by atoms with van der Waals surface area (Å²) in [5, 5.41) is 0. The maximum atomic E-state index is 11.0. The van der Waals surface area contributed by atoms with Gasteiger partial charge < -0.3 is 15.3 Å². The maximum absolute atomic E-state index is 11.0. The second kappa shape index (κ2) is 6.01. The number of aryl methyl sites for hydroxylation is 1. The third-order valence-electron chi connectivity index (χ3n) is 3.48. The summed E-state index contributed by atoms with van der Waals surface area (Å²) in [6.07, 6.45) is 1.23. The van der Waals surface area contributed by atoms with E-state index >= 15 is 0 Å². The number of benzene rings is 1. The minimum atomic E-state index is -0.0859. The van der Waals surface area contributed by atoms with E-state index in [1.54, 1.807) is 14.0 Å². The van der Waals surface area contributed by atoms with Crippen molar-refractivity contribution in [3.63, 3.8) is 0 Å². The highest BCUT2D eigenvalue weighted by atomic mass is 16.5. The maximum Gasteiger partial charge on any atom is 0.129 e. The molecule has 1 unspecified atom stereocenters. The monoisotopic (exact) mass is 249 g/mol. The average Bonchev–Trinajstić information content (AvgIpc) is 2.31. The molecule has 0 aromatic heterocycles. The van der Waals surface area contributed by atoms with Crippen LogP contribution in [0.2, 0.25) is 0 Å². The lowest BCUT2D eigenvalue weighted by molar-refractivity contribution is -0.117. The van der Waals surface area contributed by atoms with Crippen LogP contribution in [0.15, 0.2) is 6.07 Å². The number of Topliss-reactive ketones (excluding diaryl/α,β-unsaturated/α-hetero) is 1. The topological polar surface area (TPSA) is 52.3 Å². The van der Waals surface area contributed by atoms with Crippen LogP contribution in [0.5, 0.6) is 5.75 Å². The lowest BCUT2D eigenvalue weighted by atomic mass is 9.92. The molecule has 1 atom stereocenters. The van der Waals surface area contributed by atoms with E-state index in [2.05, 4.69) is 13.0 Å². The Morgan fingerprint density at radius 3 is 2.44 bits per heavy atom. The number of carbonyl (C=O) groups is 1. The fraction of sp³-hybridized carbons (Fsp3) is 0.533. The molecule has 0 bridgehead atoms. The van der Waals surface area contributed by atoms with Crippen LogP contribution >= 0.6 is 0 Å². The molecule has 0 saturated carbocycles. The van der Waals surface area contributed by atoms with Crippen molar-refractivity contribution >= 4 is 5.78 Å². The van der Waals surface area contributed by atoms with Gasteiger partial charge in [0.2, 0.25) is 0 Å². The van der Waals surface area contributed by atoms with E-state index in [0.29, 0.717) is 12.8 Å². The summed E-state index contributed by atoms with van der Waals surface area (Å²) >= 11 is 0. The van der Waals surface area contributed by atoms with Crippen LogP contribution in [-0.2, 0) is 4.79 Å². The van der Waals surface area contributed by atoms with Crippen molar-refractivity contribution in [2.75, 3.05) is 7.11 Å². The second-order valence-electron chi connectivity index (χ2n) is 4.91. The molecule has 100 valence electrons. The van der Waals surface area contributed by atoms with E-state index < -0.39 is 0 Å². The Morgan fingerprint density at radius 2 is 1.94 bits per heavy atom. The third-order valence-corrected chi connectivity index (χ3v) is 3.48. The fourth-order valence-corrected chi connectivity index (χ4v) is 2.30. The van der Waals surface area contributed by atoms with Crippen molar-refractivity contribution in [2.45, 2.75) is 46.6 Å². The summed E-state index contributed by atoms with van der Waals surface area (Å²) in [4.78, 5) is 11.0. The molecule has 0 aliphatic heterocycles. The van der Waals surface area contributed by atoms with Crippen molar-refractivity contribution < 1.29 is 9.53 Å². The van der Waals surface area contributed by atoms with Gasteiger partial charge in [-0.1, -0.05) is 6.07 Å². The first-order chi connectivity index (χ1) is 8.38. The number of methoxy groups -OCH3 is 1. The van der Waals surface area contributed by atoms with Crippen LogP contribution in [0.1, 0.15) is 48.1 Å². The third kappa shape index (κ3) is 3.10. The number of rotatable bonds is 5. The largest absolute Gasteiger partial charge is 0.496 e. The molecule has 1 aromatic rings. The summed E-state index contributed by atoms with van der Waals surface area (Å²) in [6, 6.07) is 1.99. The Hall–Kier alpha value is -1.35. The fourth-order valence-electron chi connectivity index (χ4n) is 2.30. The van der Waals surface area contributed by atoms with Gasteiger partial charge in [0.25, 0.3) is 0 Å². The summed E-state index contributed by atoms with van der Waals surface area (Å²) in [7, 11) is 1.68. The zero-order chi connectivity index (χ0) is 13.9. The van der Waals surface area contributed by atoms with Crippen LogP contribution in [0.4, 0.5) is 0 Å². The molecule has 3 nitrogen and oxygen atoms in total. The van der Waals surface area contributed by atoms with Gasteiger partial charge in [-0.3, -0.25) is 0 Å². The SMILES string of the molecule is COc1c(C)cc(C(N)CCC(C)=O)c(C)c1C. The standard InChI is InChI=1S/C15H23NO2/c1-9-8-13(14(16)7-6-10(2)17)11(3)12(4)15(9)18-5/h8,14H,6-7,16H2,1-5H3. The zero-order valence-electron chi connectivity index (χ0n) is 12.0. The van der Waals surface area contributed by atoms with Crippen molar-refractivity contribution in [1.29, 1.82) is 0 Å². The molecular formula is C15H23NO2. The van der Waals surface area contributed by atoms with Crippen molar-refractivity contribution in [3.05, 3.63) is 28.3 Å². The molecule has 0 fully saturated rings. The van der Waals surface area contributed by atoms with Crippen LogP contribution < -0.4 is 10.5 Å². The van der Waals surface area contributed by atoms with Gasteiger partial charge in [-0.2, -0.15) is 0 Å². The minimum absolute atomic E-state index is 0.0859. The van der Waals surface area contributed by atoms with Crippen LogP contribution in [0, 0.1) is 20.8 Å². The van der Waals surface area contributed by atoms with Crippen LogP contribution in [0.3, 0.4) is 0 Å². The van der Waals surface area contributed by atoms with Crippen molar-refractivity contribution in [2.24, 2.45) is 5.73 Å². The lowest BCUT2D eigenvalue weighted by Gasteiger charge is -2.19. The highest BCUT2D eigenvalue weighted by Gasteiger charge is 2.15. The van der Waals surface area contributed by atoms with Crippen molar-refractivity contribution in [3.8, 4) is 5.75 Å². The summed E-state index contributed by atoms with van der Waals surface area (Å²) in [5.74, 6) is 1.11. The molecule has 0 amide bonds. The highest BCUT2D eigenvalue weighted by molar-refractivity contribution is 5.75. The minimum Gasteiger partial charge on any atom is -0.496 e. The van der Waals surface area contributed by atoms with Crippen LogP contribution in [0.25, 0.3) is 0 Å². The molecule has 0 spiro atoms. The van der Waals surface area contributed by atoms with E-state index in [0.717, 1.165) is 28.0 Å². The molecule has 0 aliphatic rings. The molecule has 1 aromatic carbocycles. The summed E-state index contributed by atoms with van der Waals surface area (Å²) in [6.45, 7) is 7.72. The Kier molecular flexibility index (Phi) is 4.91. The summed E-state index contributed by atoms with van der Waals surface area (Å²) in [5.41, 5.74) is 10.7. The van der Waals surface area contributed by atoms with Gasteiger partial charge in [-0.05, 0) is 56.4 Å². The second-order valence-corrected chi connectivity index (χ2v) is 4.91. The molecule has 3 heteroatoms. The van der Waals surface area contributed by atoms with Gasteiger partial charge in [0, 0.05) is 12.5 Å². The van der Waals surface area contributed by atoms with Crippen molar-refractivity contribution in [1.82, 2.24) is 0 Å². The van der Waals surface area contributed by atoms with Gasteiger partial charge in [-0.15, -0.1) is 0 Å². The molecule has 1 rings (SSSR count). The normalized spacial score (nSPS) is 12.3. The zero-order valence-corrected chi connectivity index (χ0v) is 12.0. The van der Waals surface area contributed by atoms with E-state index in [4.69, 9.17) is 10.5 Å². The van der Waals surface area contributed by atoms with Gasteiger partial charge in [0.15, 0.2) is 0 Å². The summed E-state index contributed by atoms with van der Waals surface area (Å²) < 4.78 is 5.39. The van der Waals surface area contributed by atoms with E-state index in [1.807, 2.05) is 13.8 Å². The number of ether oxygens (including phenoxy) is 1. The van der Waals surface area contributed by atoms with E-state index in [1.165, 1.54) is 0 Å². The van der Waals surface area contributed by atoms with Gasteiger partial charge in [0.1, 0.15) is 11.5 Å². The predicted molar refractivity (Wildman–Crippen MR) is 74.0 cm³/mol. The molecule has 0 saturated heterocycles. The smallest absolute Gasteiger partial charge is 0.129 e. The highest BCUT2D eigenvalue weighted by Crippen LogP contribution is 2.32. The molecule has 2 N–H and O–H groups in total. The molecule has 18 heavy (non-hydrogen) atoms. The van der Waals surface area contributed by atoms with Gasteiger partial charge >= 0.3 is 0 Å². The van der Waals surface area contributed by atoms with E-state index in [9.17, 15) is 4.79 Å². The lowest BCUT2D eigenvalue weighted by Crippen LogP contribution is -2.14. The van der Waals surface area contributed by atoms with Gasteiger partial charge in [0.05, 0.1) is 7.11 Å². The average molecular weight is 249 g/mol.